The zero-order valence-electron chi connectivity index (χ0n) is 14.2. The third-order valence-corrected chi connectivity index (χ3v) is 4.32. The van der Waals surface area contributed by atoms with Gasteiger partial charge in [0.1, 0.15) is 0 Å². The van der Waals surface area contributed by atoms with E-state index in [1.165, 1.54) is 5.56 Å². The lowest BCUT2D eigenvalue weighted by atomic mass is 10.2. The first-order valence-corrected chi connectivity index (χ1v) is 8.36. The second-order valence-corrected chi connectivity index (χ2v) is 6.35. The van der Waals surface area contributed by atoms with E-state index >= 15 is 0 Å². The molecule has 0 amide bonds. The lowest BCUT2D eigenvalue weighted by Crippen LogP contribution is -2.15. The number of hydrogen-bond acceptors (Lipinski definition) is 3. The Labute approximate surface area is 147 Å². The van der Waals surface area contributed by atoms with Crippen LogP contribution in [-0.4, -0.2) is 14.8 Å². The SMILES string of the molecule is Cc1cccc(CNCc2c(C)nn(-c3ccc(Cl)cc3)c2C)n1. The van der Waals surface area contributed by atoms with E-state index in [9.17, 15) is 0 Å². The van der Waals surface area contributed by atoms with Gasteiger partial charge in [-0.25, -0.2) is 4.68 Å². The Morgan fingerprint density at radius 1 is 1.00 bits per heavy atom. The maximum Gasteiger partial charge on any atom is 0.0649 e. The first kappa shape index (κ1) is 16.7. The average Bonchev–Trinajstić information content (AvgIpc) is 2.84. The van der Waals surface area contributed by atoms with Crippen molar-refractivity contribution >= 4 is 11.6 Å². The normalized spacial score (nSPS) is 11.0. The summed E-state index contributed by atoms with van der Waals surface area (Å²) in [4.78, 5) is 4.51. The van der Waals surface area contributed by atoms with E-state index in [4.69, 9.17) is 11.6 Å². The summed E-state index contributed by atoms with van der Waals surface area (Å²) in [5, 5.41) is 8.86. The van der Waals surface area contributed by atoms with Crippen LogP contribution in [0.4, 0.5) is 0 Å². The zero-order chi connectivity index (χ0) is 17.1. The molecule has 0 saturated carbocycles. The molecular weight excluding hydrogens is 320 g/mol. The summed E-state index contributed by atoms with van der Waals surface area (Å²) in [5.41, 5.74) is 6.50. The Morgan fingerprint density at radius 3 is 2.46 bits per heavy atom. The van der Waals surface area contributed by atoms with Crippen molar-refractivity contribution in [1.82, 2.24) is 20.1 Å². The third kappa shape index (κ3) is 3.66. The molecule has 0 aliphatic heterocycles. The summed E-state index contributed by atoms with van der Waals surface area (Å²) >= 11 is 5.97. The van der Waals surface area contributed by atoms with Crippen LogP contribution in [0.5, 0.6) is 0 Å². The van der Waals surface area contributed by atoms with Gasteiger partial charge in [-0.2, -0.15) is 5.10 Å². The highest BCUT2D eigenvalue weighted by molar-refractivity contribution is 6.30. The molecule has 1 N–H and O–H groups in total. The van der Waals surface area contributed by atoms with Crippen LogP contribution in [0.1, 0.15) is 28.3 Å². The number of aromatic nitrogens is 3. The molecule has 3 aromatic rings. The number of aryl methyl sites for hydroxylation is 2. The summed E-state index contributed by atoms with van der Waals surface area (Å²) in [6.45, 7) is 7.65. The minimum atomic E-state index is 0.729. The first-order valence-electron chi connectivity index (χ1n) is 7.99. The molecule has 0 saturated heterocycles. The van der Waals surface area contributed by atoms with Crippen molar-refractivity contribution in [1.29, 1.82) is 0 Å². The number of nitrogens with zero attached hydrogens (tertiary/aromatic N) is 3. The summed E-state index contributed by atoms with van der Waals surface area (Å²) in [7, 11) is 0. The van der Waals surface area contributed by atoms with Gasteiger partial charge in [0.25, 0.3) is 0 Å². The maximum atomic E-state index is 5.97. The van der Waals surface area contributed by atoms with Gasteiger partial charge in [0.15, 0.2) is 0 Å². The monoisotopic (exact) mass is 340 g/mol. The Hall–Kier alpha value is -2.17. The molecule has 1 aromatic carbocycles. The minimum Gasteiger partial charge on any atom is -0.307 e. The fraction of sp³-hybridized carbons (Fsp3) is 0.263. The van der Waals surface area contributed by atoms with Crippen molar-refractivity contribution in [3.63, 3.8) is 0 Å². The lowest BCUT2D eigenvalue weighted by molar-refractivity contribution is 0.673. The second-order valence-electron chi connectivity index (χ2n) is 5.91. The van der Waals surface area contributed by atoms with Gasteiger partial charge in [0, 0.05) is 35.1 Å². The van der Waals surface area contributed by atoms with Gasteiger partial charge < -0.3 is 5.32 Å². The van der Waals surface area contributed by atoms with Crippen molar-refractivity contribution in [3.05, 3.63) is 75.8 Å². The van der Waals surface area contributed by atoms with Crippen LogP contribution in [0, 0.1) is 20.8 Å². The number of nitrogens with one attached hydrogen (secondary N) is 1. The van der Waals surface area contributed by atoms with Gasteiger partial charge in [0.2, 0.25) is 0 Å². The highest BCUT2D eigenvalue weighted by atomic mass is 35.5. The molecule has 2 heterocycles. The molecule has 4 nitrogen and oxygen atoms in total. The molecule has 5 heteroatoms. The van der Waals surface area contributed by atoms with Gasteiger partial charge in [0.05, 0.1) is 17.1 Å². The Kier molecular flexibility index (Phi) is 4.97. The van der Waals surface area contributed by atoms with Gasteiger partial charge in [-0.1, -0.05) is 17.7 Å². The molecule has 0 aliphatic carbocycles. The van der Waals surface area contributed by atoms with E-state index in [1.54, 1.807) is 0 Å². The smallest absolute Gasteiger partial charge is 0.0649 e. The Bertz CT molecular complexity index is 837. The van der Waals surface area contributed by atoms with Gasteiger partial charge in [-0.3, -0.25) is 4.98 Å². The molecular formula is C19H21ClN4. The van der Waals surface area contributed by atoms with Crippen molar-refractivity contribution < 1.29 is 0 Å². The van der Waals surface area contributed by atoms with Crippen molar-refractivity contribution in [2.75, 3.05) is 0 Å². The molecule has 24 heavy (non-hydrogen) atoms. The summed E-state index contributed by atoms with van der Waals surface area (Å²) in [5.74, 6) is 0. The molecule has 0 spiro atoms. The number of pyridine rings is 1. The first-order chi connectivity index (χ1) is 11.5. The Balaban J connectivity index is 1.73. The van der Waals surface area contributed by atoms with Gasteiger partial charge >= 0.3 is 0 Å². The molecule has 0 unspecified atom stereocenters. The van der Waals surface area contributed by atoms with Crippen LogP contribution in [0.3, 0.4) is 0 Å². The molecule has 124 valence electrons. The standard InChI is InChI=1S/C19H21ClN4/c1-13-5-4-6-17(22-13)11-21-12-19-14(2)23-24(15(19)3)18-9-7-16(20)8-10-18/h4-10,21H,11-12H2,1-3H3. The van der Waals surface area contributed by atoms with Crippen molar-refractivity contribution in [2.24, 2.45) is 0 Å². The number of rotatable bonds is 5. The van der Waals surface area contributed by atoms with E-state index in [0.29, 0.717) is 0 Å². The maximum absolute atomic E-state index is 5.97. The van der Waals surface area contributed by atoms with Crippen molar-refractivity contribution in [3.8, 4) is 5.69 Å². The second kappa shape index (κ2) is 7.16. The minimum absolute atomic E-state index is 0.729. The van der Waals surface area contributed by atoms with Crippen LogP contribution in [0.15, 0.2) is 42.5 Å². The molecule has 0 bridgehead atoms. The molecule has 0 aliphatic rings. The third-order valence-electron chi connectivity index (χ3n) is 4.07. The van der Waals surface area contributed by atoms with E-state index in [1.807, 2.05) is 61.0 Å². The number of hydrogen-bond donors (Lipinski definition) is 1. The highest BCUT2D eigenvalue weighted by Gasteiger charge is 2.12. The van der Waals surface area contributed by atoms with Gasteiger partial charge in [-0.05, 0) is 57.2 Å². The largest absolute Gasteiger partial charge is 0.307 e. The van der Waals surface area contributed by atoms with Crippen molar-refractivity contribution in [2.45, 2.75) is 33.9 Å². The van der Waals surface area contributed by atoms with Gasteiger partial charge in [-0.15, -0.1) is 0 Å². The van der Waals surface area contributed by atoms with E-state index in [2.05, 4.69) is 22.3 Å². The average molecular weight is 341 g/mol. The van der Waals surface area contributed by atoms with E-state index in [-0.39, 0.29) is 0 Å². The lowest BCUT2D eigenvalue weighted by Gasteiger charge is -2.07. The van der Waals surface area contributed by atoms with Crippen LogP contribution in [0.2, 0.25) is 5.02 Å². The topological polar surface area (TPSA) is 42.7 Å². The molecule has 0 radical (unpaired) electrons. The molecule has 2 aromatic heterocycles. The quantitative estimate of drug-likeness (QED) is 0.759. The fourth-order valence-corrected chi connectivity index (χ4v) is 2.90. The Morgan fingerprint density at radius 2 is 1.75 bits per heavy atom. The van der Waals surface area contributed by atoms with E-state index < -0.39 is 0 Å². The summed E-state index contributed by atoms with van der Waals surface area (Å²) < 4.78 is 1.97. The summed E-state index contributed by atoms with van der Waals surface area (Å²) in [6.07, 6.45) is 0. The fourth-order valence-electron chi connectivity index (χ4n) is 2.78. The molecule has 0 fully saturated rings. The van der Waals surface area contributed by atoms with Crippen LogP contribution in [-0.2, 0) is 13.1 Å². The van der Waals surface area contributed by atoms with E-state index in [0.717, 1.165) is 46.6 Å². The predicted molar refractivity (Wildman–Crippen MR) is 97.6 cm³/mol. The number of benzene rings is 1. The zero-order valence-corrected chi connectivity index (χ0v) is 14.9. The molecule has 0 atom stereocenters. The number of halogens is 1. The predicted octanol–water partition coefficient (Wildman–Crippen LogP) is 4.14. The molecule has 3 rings (SSSR count). The van der Waals surface area contributed by atoms with Crippen LogP contribution < -0.4 is 5.32 Å². The van der Waals surface area contributed by atoms with Crippen LogP contribution in [0.25, 0.3) is 5.69 Å². The van der Waals surface area contributed by atoms with Crippen LogP contribution >= 0.6 is 11.6 Å². The highest BCUT2D eigenvalue weighted by Crippen LogP contribution is 2.19. The summed E-state index contributed by atoms with van der Waals surface area (Å²) in [6, 6.07) is 13.8.